The molecule has 0 N–H and O–H groups in total. The van der Waals surface area contributed by atoms with Crippen LogP contribution in [0.25, 0.3) is 0 Å². The quantitative estimate of drug-likeness (QED) is 0.533. The average Bonchev–Trinajstić information content (AvgIpc) is 2.35. The van der Waals surface area contributed by atoms with Crippen molar-refractivity contribution in [2.24, 2.45) is 5.92 Å². The van der Waals surface area contributed by atoms with Crippen LogP contribution in [0.1, 0.15) is 43.0 Å². The summed E-state index contributed by atoms with van der Waals surface area (Å²) in [6.07, 6.45) is 4.21. The van der Waals surface area contributed by atoms with Crippen molar-refractivity contribution in [2.75, 3.05) is 5.33 Å². The summed E-state index contributed by atoms with van der Waals surface area (Å²) in [4.78, 5) is 12.0. The maximum absolute atomic E-state index is 12.0. The van der Waals surface area contributed by atoms with E-state index in [2.05, 4.69) is 22.9 Å². The summed E-state index contributed by atoms with van der Waals surface area (Å²) in [7, 11) is 0. The fraction of sp³-hybridized carbons (Fsp3) is 0.500. The van der Waals surface area contributed by atoms with Crippen LogP contribution in [0, 0.1) is 5.92 Å². The van der Waals surface area contributed by atoms with Crippen molar-refractivity contribution in [3.8, 4) is 0 Å². The molecule has 0 saturated heterocycles. The zero-order valence-corrected chi connectivity index (χ0v) is 11.4. The Morgan fingerprint density at radius 2 is 2.00 bits per heavy atom. The Morgan fingerprint density at radius 3 is 2.56 bits per heavy atom. The molecule has 0 saturated carbocycles. The molecule has 1 nitrogen and oxygen atoms in total. The summed E-state index contributed by atoms with van der Waals surface area (Å²) in [5.41, 5.74) is 0.838. The molecule has 0 spiro atoms. The SMILES string of the molecule is CCCCC(CBr)CC(=O)c1ccccc1. The number of hydrogen-bond donors (Lipinski definition) is 0. The second-order valence-electron chi connectivity index (χ2n) is 4.16. The average molecular weight is 283 g/mol. The maximum Gasteiger partial charge on any atom is 0.163 e. The number of carbonyl (C=O) groups is 1. The summed E-state index contributed by atoms with van der Waals surface area (Å²) in [5.74, 6) is 0.744. The molecule has 1 aromatic carbocycles. The highest BCUT2D eigenvalue weighted by atomic mass is 79.9. The lowest BCUT2D eigenvalue weighted by Crippen LogP contribution is -2.10. The number of carbonyl (C=O) groups excluding carboxylic acids is 1. The van der Waals surface area contributed by atoms with E-state index in [9.17, 15) is 4.79 Å². The van der Waals surface area contributed by atoms with Gasteiger partial charge in [0.2, 0.25) is 0 Å². The van der Waals surface area contributed by atoms with Crippen molar-refractivity contribution in [3.63, 3.8) is 0 Å². The van der Waals surface area contributed by atoms with Gasteiger partial charge in [0.05, 0.1) is 0 Å². The van der Waals surface area contributed by atoms with Crippen LogP contribution < -0.4 is 0 Å². The number of halogens is 1. The predicted octanol–water partition coefficient (Wildman–Crippen LogP) is 4.46. The molecule has 0 aliphatic rings. The minimum Gasteiger partial charge on any atom is -0.294 e. The molecule has 0 bridgehead atoms. The second kappa shape index (κ2) is 7.61. The third-order valence-electron chi connectivity index (χ3n) is 2.75. The Bertz CT molecular complexity index is 308. The minimum atomic E-state index is 0.265. The summed E-state index contributed by atoms with van der Waals surface area (Å²) in [6, 6.07) is 9.57. The van der Waals surface area contributed by atoms with Crippen molar-refractivity contribution >= 4 is 21.7 Å². The summed E-state index contributed by atoms with van der Waals surface area (Å²) in [5, 5.41) is 0.922. The van der Waals surface area contributed by atoms with E-state index >= 15 is 0 Å². The highest BCUT2D eigenvalue weighted by molar-refractivity contribution is 9.09. The topological polar surface area (TPSA) is 17.1 Å². The van der Waals surface area contributed by atoms with Crippen LogP contribution in [0.4, 0.5) is 0 Å². The standard InChI is InChI=1S/C14H19BrO/c1-2-3-7-12(11-15)10-14(16)13-8-5-4-6-9-13/h4-6,8-9,12H,2-3,7,10-11H2,1H3. The summed E-state index contributed by atoms with van der Waals surface area (Å²) < 4.78 is 0. The zero-order valence-electron chi connectivity index (χ0n) is 9.79. The van der Waals surface area contributed by atoms with Crippen molar-refractivity contribution in [3.05, 3.63) is 35.9 Å². The summed E-state index contributed by atoms with van der Waals surface area (Å²) >= 11 is 3.49. The van der Waals surface area contributed by atoms with Crippen LogP contribution in [0.15, 0.2) is 30.3 Å². The molecule has 0 aliphatic heterocycles. The lowest BCUT2D eigenvalue weighted by molar-refractivity contribution is 0.0963. The molecule has 0 amide bonds. The number of Topliss-reactive ketones (excluding diaryl/α,β-unsaturated/α-hetero) is 1. The lowest BCUT2D eigenvalue weighted by Gasteiger charge is -2.12. The monoisotopic (exact) mass is 282 g/mol. The Morgan fingerprint density at radius 1 is 1.31 bits per heavy atom. The molecule has 0 aliphatic carbocycles. The third-order valence-corrected chi connectivity index (χ3v) is 3.67. The molecular formula is C14H19BrO. The highest BCUT2D eigenvalue weighted by Gasteiger charge is 2.13. The molecule has 2 heteroatoms. The molecule has 0 radical (unpaired) electrons. The highest BCUT2D eigenvalue weighted by Crippen LogP contribution is 2.18. The molecule has 1 aromatic rings. The molecule has 0 fully saturated rings. The van der Waals surface area contributed by atoms with Crippen molar-refractivity contribution in [1.82, 2.24) is 0 Å². The molecule has 16 heavy (non-hydrogen) atoms. The third kappa shape index (κ3) is 4.48. The van der Waals surface area contributed by atoms with Gasteiger partial charge in [-0.25, -0.2) is 0 Å². The first-order valence-electron chi connectivity index (χ1n) is 5.92. The first-order valence-corrected chi connectivity index (χ1v) is 7.04. The van der Waals surface area contributed by atoms with Crippen molar-refractivity contribution in [2.45, 2.75) is 32.6 Å². The van der Waals surface area contributed by atoms with Gasteiger partial charge in [-0.1, -0.05) is 66.0 Å². The Kier molecular flexibility index (Phi) is 6.39. The van der Waals surface area contributed by atoms with Crippen LogP contribution in [0.5, 0.6) is 0 Å². The Balaban J connectivity index is 2.49. The normalized spacial score (nSPS) is 12.4. The van der Waals surface area contributed by atoms with Crippen LogP contribution in [0.2, 0.25) is 0 Å². The fourth-order valence-electron chi connectivity index (χ4n) is 1.73. The Labute approximate surface area is 106 Å². The van der Waals surface area contributed by atoms with Crippen LogP contribution in [-0.4, -0.2) is 11.1 Å². The number of unbranched alkanes of at least 4 members (excludes halogenated alkanes) is 1. The smallest absolute Gasteiger partial charge is 0.163 e. The first kappa shape index (κ1) is 13.4. The molecule has 1 rings (SSSR count). The maximum atomic E-state index is 12.0. The van der Waals surface area contributed by atoms with Gasteiger partial charge in [0, 0.05) is 17.3 Å². The van der Waals surface area contributed by atoms with E-state index in [1.54, 1.807) is 0 Å². The number of hydrogen-bond acceptors (Lipinski definition) is 1. The van der Waals surface area contributed by atoms with E-state index in [-0.39, 0.29) is 5.78 Å². The van der Waals surface area contributed by atoms with Gasteiger partial charge in [0.1, 0.15) is 0 Å². The van der Waals surface area contributed by atoms with Crippen LogP contribution in [0.3, 0.4) is 0 Å². The number of benzene rings is 1. The van der Waals surface area contributed by atoms with E-state index in [0.29, 0.717) is 12.3 Å². The second-order valence-corrected chi connectivity index (χ2v) is 4.80. The van der Waals surface area contributed by atoms with Crippen LogP contribution in [-0.2, 0) is 0 Å². The van der Waals surface area contributed by atoms with E-state index < -0.39 is 0 Å². The van der Waals surface area contributed by atoms with Gasteiger partial charge in [0.25, 0.3) is 0 Å². The van der Waals surface area contributed by atoms with Gasteiger partial charge in [-0.3, -0.25) is 4.79 Å². The number of rotatable bonds is 7. The van der Waals surface area contributed by atoms with E-state index in [0.717, 1.165) is 17.3 Å². The predicted molar refractivity (Wildman–Crippen MR) is 72.2 cm³/mol. The van der Waals surface area contributed by atoms with E-state index in [1.165, 1.54) is 12.8 Å². The zero-order chi connectivity index (χ0) is 11.8. The minimum absolute atomic E-state index is 0.265. The molecule has 1 unspecified atom stereocenters. The fourth-order valence-corrected chi connectivity index (χ4v) is 2.28. The molecule has 88 valence electrons. The molecule has 0 aromatic heterocycles. The van der Waals surface area contributed by atoms with E-state index in [4.69, 9.17) is 0 Å². The molecule has 0 heterocycles. The summed E-state index contributed by atoms with van der Waals surface area (Å²) in [6.45, 7) is 2.18. The molecular weight excluding hydrogens is 264 g/mol. The first-order chi connectivity index (χ1) is 7.77. The van der Waals surface area contributed by atoms with Gasteiger partial charge in [-0.05, 0) is 12.3 Å². The largest absolute Gasteiger partial charge is 0.294 e. The molecule has 1 atom stereocenters. The van der Waals surface area contributed by atoms with Gasteiger partial charge in [-0.15, -0.1) is 0 Å². The number of ketones is 1. The van der Waals surface area contributed by atoms with Gasteiger partial charge in [0.15, 0.2) is 5.78 Å². The van der Waals surface area contributed by atoms with Gasteiger partial charge >= 0.3 is 0 Å². The van der Waals surface area contributed by atoms with E-state index in [1.807, 2.05) is 30.3 Å². The van der Waals surface area contributed by atoms with Crippen molar-refractivity contribution < 1.29 is 4.79 Å². The van der Waals surface area contributed by atoms with Crippen LogP contribution >= 0.6 is 15.9 Å². The lowest BCUT2D eigenvalue weighted by atomic mass is 9.95. The Hall–Kier alpha value is -0.630. The van der Waals surface area contributed by atoms with Gasteiger partial charge in [-0.2, -0.15) is 0 Å². The number of alkyl halides is 1. The van der Waals surface area contributed by atoms with Crippen molar-refractivity contribution in [1.29, 1.82) is 0 Å². The van der Waals surface area contributed by atoms with Gasteiger partial charge < -0.3 is 0 Å².